The molecular formula is C11H12N4O3S2. The summed E-state index contributed by atoms with van der Waals surface area (Å²) in [6, 6.07) is 3.98. The van der Waals surface area contributed by atoms with Gasteiger partial charge in [-0.2, -0.15) is 4.37 Å². The molecule has 20 heavy (non-hydrogen) atoms. The number of hydrogen-bond donors (Lipinski definition) is 2. The predicted molar refractivity (Wildman–Crippen MR) is 76.6 cm³/mol. The van der Waals surface area contributed by atoms with Gasteiger partial charge in [0, 0.05) is 29.0 Å². The van der Waals surface area contributed by atoms with Crippen LogP contribution < -0.4 is 11.1 Å². The zero-order valence-corrected chi connectivity index (χ0v) is 12.4. The van der Waals surface area contributed by atoms with E-state index in [1.807, 2.05) is 0 Å². The Morgan fingerprint density at radius 3 is 2.60 bits per heavy atom. The highest BCUT2D eigenvalue weighted by molar-refractivity contribution is 7.90. The molecule has 0 aliphatic rings. The van der Waals surface area contributed by atoms with E-state index in [9.17, 15) is 13.2 Å². The van der Waals surface area contributed by atoms with E-state index in [4.69, 9.17) is 5.73 Å². The van der Waals surface area contributed by atoms with Crippen molar-refractivity contribution in [2.75, 3.05) is 17.3 Å². The zero-order valence-electron chi connectivity index (χ0n) is 10.7. The third-order valence-electron chi connectivity index (χ3n) is 2.37. The number of anilines is 2. The minimum absolute atomic E-state index is 0.00362. The second-order valence-electron chi connectivity index (χ2n) is 4.16. The van der Waals surface area contributed by atoms with Crippen LogP contribution in [0, 0.1) is 6.92 Å². The smallest absolute Gasteiger partial charge is 0.257 e. The maximum atomic E-state index is 12.0. The fraction of sp³-hybridized carbons (Fsp3) is 0.182. The number of nitrogens with two attached hydrogens (primary N) is 1. The van der Waals surface area contributed by atoms with E-state index >= 15 is 0 Å². The number of nitrogens with one attached hydrogen (secondary N) is 1. The topological polar surface area (TPSA) is 115 Å². The van der Waals surface area contributed by atoms with Gasteiger partial charge in [-0.15, -0.1) is 0 Å². The minimum atomic E-state index is -3.44. The van der Waals surface area contributed by atoms with Crippen LogP contribution in [0.4, 0.5) is 10.8 Å². The van der Waals surface area contributed by atoms with E-state index in [-0.39, 0.29) is 16.1 Å². The molecule has 0 aliphatic carbocycles. The summed E-state index contributed by atoms with van der Waals surface area (Å²) < 4.78 is 27.0. The second-order valence-corrected chi connectivity index (χ2v) is 6.93. The first-order chi connectivity index (χ1) is 9.25. The Kier molecular flexibility index (Phi) is 3.73. The van der Waals surface area contributed by atoms with Crippen molar-refractivity contribution in [3.8, 4) is 0 Å². The van der Waals surface area contributed by atoms with Crippen LogP contribution in [0.5, 0.6) is 0 Å². The number of nitrogens with zero attached hydrogens (tertiary/aromatic N) is 2. The highest BCUT2D eigenvalue weighted by Gasteiger charge is 2.14. The molecule has 0 fully saturated rings. The summed E-state index contributed by atoms with van der Waals surface area (Å²) >= 11 is 1.04. The molecule has 0 saturated carbocycles. The van der Waals surface area contributed by atoms with Crippen LogP contribution in [-0.4, -0.2) is 29.9 Å². The van der Waals surface area contributed by atoms with Crippen LogP contribution in [0.2, 0.25) is 0 Å². The molecule has 0 saturated heterocycles. The maximum absolute atomic E-state index is 12.0. The van der Waals surface area contributed by atoms with Gasteiger partial charge in [0.1, 0.15) is 5.82 Å². The zero-order chi connectivity index (χ0) is 14.9. The van der Waals surface area contributed by atoms with Gasteiger partial charge in [0.25, 0.3) is 5.91 Å². The number of sulfone groups is 1. The minimum Gasteiger partial charge on any atom is -0.399 e. The molecule has 7 nitrogen and oxygen atoms in total. The molecule has 1 amide bonds. The number of aryl methyl sites for hydroxylation is 1. The summed E-state index contributed by atoms with van der Waals surface area (Å²) in [5, 5.41) is 2.88. The van der Waals surface area contributed by atoms with Gasteiger partial charge in [-0.1, -0.05) is 0 Å². The lowest BCUT2D eigenvalue weighted by Crippen LogP contribution is -2.13. The Balaban J connectivity index is 2.33. The molecule has 0 unspecified atom stereocenters. The van der Waals surface area contributed by atoms with Gasteiger partial charge >= 0.3 is 0 Å². The van der Waals surface area contributed by atoms with E-state index < -0.39 is 15.7 Å². The Bertz CT molecular complexity index is 768. The second kappa shape index (κ2) is 5.17. The van der Waals surface area contributed by atoms with Crippen LogP contribution >= 0.6 is 11.5 Å². The molecule has 106 valence electrons. The van der Waals surface area contributed by atoms with Gasteiger partial charge in [0.05, 0.1) is 4.90 Å². The normalized spacial score (nSPS) is 11.3. The molecule has 1 aromatic carbocycles. The molecule has 2 aromatic rings. The third kappa shape index (κ3) is 3.31. The average molecular weight is 312 g/mol. The summed E-state index contributed by atoms with van der Waals surface area (Å²) in [7, 11) is -3.44. The molecular weight excluding hydrogens is 300 g/mol. The van der Waals surface area contributed by atoms with Crippen molar-refractivity contribution in [1.82, 2.24) is 9.36 Å². The summed E-state index contributed by atoms with van der Waals surface area (Å²) in [5.41, 5.74) is 5.97. The average Bonchev–Trinajstić information content (AvgIpc) is 2.72. The predicted octanol–water partition coefficient (Wildman–Crippen LogP) is 1.08. The molecule has 9 heteroatoms. The van der Waals surface area contributed by atoms with Crippen molar-refractivity contribution in [2.45, 2.75) is 11.8 Å². The SMILES string of the molecule is Cc1nsc(NC(=O)c2cc(N)cc(S(C)(=O)=O)c2)n1. The van der Waals surface area contributed by atoms with Crippen molar-refractivity contribution < 1.29 is 13.2 Å². The first-order valence-corrected chi connectivity index (χ1v) is 8.14. The van der Waals surface area contributed by atoms with Crippen molar-refractivity contribution in [1.29, 1.82) is 0 Å². The number of hydrogen-bond acceptors (Lipinski definition) is 7. The van der Waals surface area contributed by atoms with Crippen LogP contribution in [-0.2, 0) is 9.84 Å². The number of carbonyl (C=O) groups excluding carboxylic acids is 1. The van der Waals surface area contributed by atoms with Gasteiger partial charge in [-0.3, -0.25) is 10.1 Å². The summed E-state index contributed by atoms with van der Waals surface area (Å²) in [4.78, 5) is 16.0. The summed E-state index contributed by atoms with van der Waals surface area (Å²) in [6.45, 7) is 1.70. The Morgan fingerprint density at radius 2 is 2.05 bits per heavy atom. The first kappa shape index (κ1) is 14.4. The Labute approximate surface area is 119 Å². The standard InChI is InChI=1S/C11H12N4O3S2/c1-6-13-11(19-15-6)14-10(16)7-3-8(12)5-9(4-7)20(2,17)18/h3-5H,12H2,1-2H3,(H,13,14,15,16). The van der Waals surface area contributed by atoms with Crippen LogP contribution in [0.15, 0.2) is 23.1 Å². The lowest BCUT2D eigenvalue weighted by molar-refractivity contribution is 0.102. The van der Waals surface area contributed by atoms with Crippen molar-refractivity contribution >= 4 is 38.1 Å². The molecule has 0 atom stereocenters. The monoisotopic (exact) mass is 312 g/mol. The van der Waals surface area contributed by atoms with Crippen molar-refractivity contribution in [3.63, 3.8) is 0 Å². The van der Waals surface area contributed by atoms with Crippen LogP contribution in [0.25, 0.3) is 0 Å². The number of carbonyl (C=O) groups is 1. The number of rotatable bonds is 3. The fourth-order valence-corrected chi connectivity index (χ4v) is 2.75. The van der Waals surface area contributed by atoms with Gasteiger partial charge in [0.15, 0.2) is 9.84 Å². The number of benzene rings is 1. The van der Waals surface area contributed by atoms with Crippen LogP contribution in [0.3, 0.4) is 0 Å². The quantitative estimate of drug-likeness (QED) is 0.820. The molecule has 2 rings (SSSR count). The summed E-state index contributed by atoms with van der Waals surface area (Å²) in [6.07, 6.45) is 1.05. The van der Waals surface area contributed by atoms with Gasteiger partial charge in [-0.25, -0.2) is 13.4 Å². The van der Waals surface area contributed by atoms with Crippen LogP contribution in [0.1, 0.15) is 16.2 Å². The van der Waals surface area contributed by atoms with E-state index in [2.05, 4.69) is 14.7 Å². The molecule has 1 aromatic heterocycles. The molecule has 0 spiro atoms. The van der Waals surface area contributed by atoms with Gasteiger partial charge < -0.3 is 5.73 Å². The highest BCUT2D eigenvalue weighted by atomic mass is 32.2. The number of nitrogen functional groups attached to an aromatic ring is 1. The van der Waals surface area contributed by atoms with E-state index in [0.717, 1.165) is 17.8 Å². The first-order valence-electron chi connectivity index (χ1n) is 5.48. The van der Waals surface area contributed by atoms with Gasteiger partial charge in [0.2, 0.25) is 5.13 Å². The largest absolute Gasteiger partial charge is 0.399 e. The highest BCUT2D eigenvalue weighted by Crippen LogP contribution is 2.18. The fourth-order valence-electron chi connectivity index (χ4n) is 1.48. The molecule has 0 aliphatic heterocycles. The lowest BCUT2D eigenvalue weighted by atomic mass is 10.2. The molecule has 3 N–H and O–H groups in total. The Hall–Kier alpha value is -2.00. The molecule has 1 heterocycles. The van der Waals surface area contributed by atoms with Gasteiger partial charge in [-0.05, 0) is 25.1 Å². The Morgan fingerprint density at radius 1 is 1.35 bits per heavy atom. The van der Waals surface area contributed by atoms with E-state index in [1.165, 1.54) is 18.2 Å². The van der Waals surface area contributed by atoms with Crippen molar-refractivity contribution in [2.24, 2.45) is 0 Å². The van der Waals surface area contributed by atoms with E-state index in [0.29, 0.717) is 11.0 Å². The maximum Gasteiger partial charge on any atom is 0.257 e. The van der Waals surface area contributed by atoms with E-state index in [1.54, 1.807) is 6.92 Å². The lowest BCUT2D eigenvalue weighted by Gasteiger charge is -2.05. The summed E-state index contributed by atoms with van der Waals surface area (Å²) in [5.74, 6) is 0.0630. The number of amides is 1. The number of aromatic nitrogens is 2. The molecule has 0 radical (unpaired) electrons. The molecule has 0 bridgehead atoms. The van der Waals surface area contributed by atoms with Crippen molar-refractivity contribution in [3.05, 3.63) is 29.6 Å². The third-order valence-corrected chi connectivity index (χ3v) is 4.18.